The predicted octanol–water partition coefficient (Wildman–Crippen LogP) is 3.23. The first-order chi connectivity index (χ1) is 8.67. The lowest BCUT2D eigenvalue weighted by Gasteiger charge is -2.15. The van der Waals surface area contributed by atoms with Gasteiger partial charge in [-0.25, -0.2) is 0 Å². The molecule has 0 heterocycles. The van der Waals surface area contributed by atoms with Gasteiger partial charge in [-0.2, -0.15) is 0 Å². The van der Waals surface area contributed by atoms with E-state index in [2.05, 4.69) is 32.2 Å². The maximum absolute atomic E-state index is 5.85. The molecule has 18 heavy (non-hydrogen) atoms. The average molecular weight is 251 g/mol. The SMILES string of the molecule is CCCOc1ccc(CNC)c(OCC(C)C)c1. The molecule has 0 spiro atoms. The van der Waals surface area contributed by atoms with Crippen molar-refractivity contribution < 1.29 is 9.47 Å². The summed E-state index contributed by atoms with van der Waals surface area (Å²) in [6.45, 7) is 8.68. The molecule has 0 atom stereocenters. The second-order valence-corrected chi connectivity index (χ2v) is 4.85. The molecule has 0 amide bonds. The second kappa shape index (κ2) is 7.98. The van der Waals surface area contributed by atoms with E-state index < -0.39 is 0 Å². The molecule has 0 bridgehead atoms. The molecule has 3 heteroatoms. The van der Waals surface area contributed by atoms with Crippen LogP contribution in [-0.2, 0) is 6.54 Å². The van der Waals surface area contributed by atoms with E-state index >= 15 is 0 Å². The van der Waals surface area contributed by atoms with Gasteiger partial charge in [0.25, 0.3) is 0 Å². The maximum Gasteiger partial charge on any atom is 0.127 e. The lowest BCUT2D eigenvalue weighted by Crippen LogP contribution is -2.10. The number of ether oxygens (including phenoxy) is 2. The topological polar surface area (TPSA) is 30.5 Å². The predicted molar refractivity (Wildman–Crippen MR) is 75.3 cm³/mol. The van der Waals surface area contributed by atoms with Crippen molar-refractivity contribution in [3.8, 4) is 11.5 Å². The van der Waals surface area contributed by atoms with Gasteiger partial charge in [-0.1, -0.05) is 26.8 Å². The Morgan fingerprint density at radius 2 is 2.00 bits per heavy atom. The van der Waals surface area contributed by atoms with Crippen LogP contribution in [0.15, 0.2) is 18.2 Å². The van der Waals surface area contributed by atoms with E-state index in [9.17, 15) is 0 Å². The van der Waals surface area contributed by atoms with Crippen molar-refractivity contribution in [2.75, 3.05) is 20.3 Å². The highest BCUT2D eigenvalue weighted by atomic mass is 16.5. The van der Waals surface area contributed by atoms with Crippen molar-refractivity contribution in [1.29, 1.82) is 0 Å². The Kier molecular flexibility index (Phi) is 6.58. The van der Waals surface area contributed by atoms with E-state index in [0.29, 0.717) is 5.92 Å². The van der Waals surface area contributed by atoms with Crippen molar-refractivity contribution in [3.63, 3.8) is 0 Å². The summed E-state index contributed by atoms with van der Waals surface area (Å²) >= 11 is 0. The zero-order valence-electron chi connectivity index (χ0n) is 12.0. The molecule has 0 fully saturated rings. The standard InChI is InChI=1S/C15H25NO2/c1-5-8-17-14-7-6-13(10-16-4)15(9-14)18-11-12(2)3/h6-7,9,12,16H,5,8,10-11H2,1-4H3. The van der Waals surface area contributed by atoms with Crippen molar-refractivity contribution in [2.24, 2.45) is 5.92 Å². The van der Waals surface area contributed by atoms with Gasteiger partial charge >= 0.3 is 0 Å². The summed E-state index contributed by atoms with van der Waals surface area (Å²) in [5.41, 5.74) is 1.17. The number of benzene rings is 1. The first-order valence-corrected chi connectivity index (χ1v) is 6.70. The lowest BCUT2D eigenvalue weighted by molar-refractivity contribution is 0.264. The molecular weight excluding hydrogens is 226 g/mol. The molecule has 0 unspecified atom stereocenters. The molecule has 1 aromatic rings. The van der Waals surface area contributed by atoms with Gasteiger partial charge in [0.1, 0.15) is 11.5 Å². The van der Waals surface area contributed by atoms with Crippen LogP contribution in [-0.4, -0.2) is 20.3 Å². The summed E-state index contributed by atoms with van der Waals surface area (Å²) in [4.78, 5) is 0. The van der Waals surface area contributed by atoms with E-state index in [4.69, 9.17) is 9.47 Å². The summed E-state index contributed by atoms with van der Waals surface area (Å²) < 4.78 is 11.5. The highest BCUT2D eigenvalue weighted by Gasteiger charge is 2.06. The fourth-order valence-electron chi connectivity index (χ4n) is 1.57. The summed E-state index contributed by atoms with van der Waals surface area (Å²) in [6.07, 6.45) is 1.01. The quantitative estimate of drug-likeness (QED) is 0.769. The fourth-order valence-corrected chi connectivity index (χ4v) is 1.57. The number of hydrogen-bond acceptors (Lipinski definition) is 3. The summed E-state index contributed by atoms with van der Waals surface area (Å²) in [7, 11) is 1.94. The summed E-state index contributed by atoms with van der Waals surface area (Å²) in [6, 6.07) is 6.06. The maximum atomic E-state index is 5.85. The zero-order chi connectivity index (χ0) is 13.4. The van der Waals surface area contributed by atoms with Gasteiger partial charge in [0.05, 0.1) is 13.2 Å². The third-order valence-electron chi connectivity index (χ3n) is 2.45. The third kappa shape index (κ3) is 4.96. The Morgan fingerprint density at radius 3 is 2.61 bits per heavy atom. The Hall–Kier alpha value is -1.22. The fraction of sp³-hybridized carbons (Fsp3) is 0.600. The van der Waals surface area contributed by atoms with Crippen LogP contribution in [0.3, 0.4) is 0 Å². The summed E-state index contributed by atoms with van der Waals surface area (Å²) in [5, 5.41) is 3.15. The minimum absolute atomic E-state index is 0.521. The zero-order valence-corrected chi connectivity index (χ0v) is 12.0. The molecule has 1 N–H and O–H groups in total. The van der Waals surface area contributed by atoms with Gasteiger partial charge in [0.15, 0.2) is 0 Å². The van der Waals surface area contributed by atoms with Crippen LogP contribution < -0.4 is 14.8 Å². The highest BCUT2D eigenvalue weighted by molar-refractivity contribution is 5.40. The number of hydrogen-bond donors (Lipinski definition) is 1. The molecule has 0 saturated carbocycles. The molecule has 0 aliphatic heterocycles. The van der Waals surface area contributed by atoms with Crippen LogP contribution in [0.4, 0.5) is 0 Å². The van der Waals surface area contributed by atoms with E-state index in [-0.39, 0.29) is 0 Å². The molecule has 1 rings (SSSR count). The number of nitrogens with one attached hydrogen (secondary N) is 1. The molecule has 1 aromatic carbocycles. The monoisotopic (exact) mass is 251 g/mol. The second-order valence-electron chi connectivity index (χ2n) is 4.85. The van der Waals surface area contributed by atoms with E-state index in [1.165, 1.54) is 5.56 Å². The van der Waals surface area contributed by atoms with E-state index in [1.54, 1.807) is 0 Å². The smallest absolute Gasteiger partial charge is 0.127 e. The minimum atomic E-state index is 0.521. The van der Waals surface area contributed by atoms with Crippen LogP contribution in [0.1, 0.15) is 32.8 Å². The first-order valence-electron chi connectivity index (χ1n) is 6.70. The number of rotatable bonds is 8. The van der Waals surface area contributed by atoms with Crippen LogP contribution in [0.5, 0.6) is 11.5 Å². The van der Waals surface area contributed by atoms with Crippen molar-refractivity contribution in [2.45, 2.75) is 33.7 Å². The Balaban J connectivity index is 2.78. The molecule has 0 aromatic heterocycles. The highest BCUT2D eigenvalue weighted by Crippen LogP contribution is 2.25. The largest absolute Gasteiger partial charge is 0.493 e. The van der Waals surface area contributed by atoms with Gasteiger partial charge < -0.3 is 14.8 Å². The van der Waals surface area contributed by atoms with Gasteiger partial charge in [-0.3, -0.25) is 0 Å². The molecule has 0 saturated heterocycles. The van der Waals surface area contributed by atoms with Crippen LogP contribution in [0.25, 0.3) is 0 Å². The van der Waals surface area contributed by atoms with Gasteiger partial charge in [0, 0.05) is 18.2 Å². The molecule has 0 aliphatic carbocycles. The molecule has 0 aliphatic rings. The van der Waals surface area contributed by atoms with Crippen LogP contribution in [0, 0.1) is 5.92 Å². The normalized spacial score (nSPS) is 10.7. The molecule has 3 nitrogen and oxygen atoms in total. The van der Waals surface area contributed by atoms with Crippen molar-refractivity contribution in [1.82, 2.24) is 5.32 Å². The lowest BCUT2D eigenvalue weighted by atomic mass is 10.2. The molecular formula is C15H25NO2. The van der Waals surface area contributed by atoms with Gasteiger partial charge in [0.2, 0.25) is 0 Å². The Labute approximate surface area is 110 Å². The van der Waals surface area contributed by atoms with Crippen LogP contribution >= 0.6 is 0 Å². The summed E-state index contributed by atoms with van der Waals surface area (Å²) in [5.74, 6) is 2.33. The average Bonchev–Trinajstić information content (AvgIpc) is 2.36. The minimum Gasteiger partial charge on any atom is -0.493 e. The molecule has 0 radical (unpaired) electrons. The van der Waals surface area contributed by atoms with Gasteiger partial charge in [-0.05, 0) is 25.5 Å². The molecule has 102 valence electrons. The third-order valence-corrected chi connectivity index (χ3v) is 2.45. The van der Waals surface area contributed by atoms with Crippen molar-refractivity contribution >= 4 is 0 Å². The Morgan fingerprint density at radius 1 is 1.22 bits per heavy atom. The van der Waals surface area contributed by atoms with Crippen molar-refractivity contribution in [3.05, 3.63) is 23.8 Å². The van der Waals surface area contributed by atoms with E-state index in [1.807, 2.05) is 19.2 Å². The van der Waals surface area contributed by atoms with E-state index in [0.717, 1.165) is 37.7 Å². The Bertz CT molecular complexity index is 350. The van der Waals surface area contributed by atoms with Crippen LogP contribution in [0.2, 0.25) is 0 Å². The first kappa shape index (κ1) is 14.8. The van der Waals surface area contributed by atoms with Gasteiger partial charge in [-0.15, -0.1) is 0 Å².